The van der Waals surface area contributed by atoms with Crippen LogP contribution in [0, 0.1) is 5.82 Å². The van der Waals surface area contributed by atoms with Crippen LogP contribution in [0.3, 0.4) is 0 Å². The molecule has 0 fully saturated rings. The molecule has 0 amide bonds. The zero-order valence-electron chi connectivity index (χ0n) is 11.8. The van der Waals surface area contributed by atoms with Crippen LogP contribution in [0.25, 0.3) is 0 Å². The van der Waals surface area contributed by atoms with Crippen molar-refractivity contribution in [3.05, 3.63) is 59.4 Å². The summed E-state index contributed by atoms with van der Waals surface area (Å²) in [5.41, 5.74) is 1.58. The SMILES string of the molecule is CC(O)c1cc(F)ccc1OCC1COc2ccccc21. The first kappa shape index (κ1) is 13.9. The molecule has 2 aromatic carbocycles. The molecule has 0 bridgehead atoms. The Balaban J connectivity index is 1.75. The minimum absolute atomic E-state index is 0.146. The fraction of sp³-hybridized carbons (Fsp3) is 0.294. The van der Waals surface area contributed by atoms with Gasteiger partial charge in [-0.3, -0.25) is 0 Å². The second-order valence-electron chi connectivity index (χ2n) is 5.21. The molecular formula is C17H17FO3. The third-order valence-corrected chi connectivity index (χ3v) is 3.66. The van der Waals surface area contributed by atoms with Crippen molar-refractivity contribution in [1.82, 2.24) is 0 Å². The summed E-state index contributed by atoms with van der Waals surface area (Å²) >= 11 is 0. The molecule has 1 aliphatic rings. The van der Waals surface area contributed by atoms with Crippen molar-refractivity contribution in [1.29, 1.82) is 0 Å². The lowest BCUT2D eigenvalue weighted by Crippen LogP contribution is -2.13. The van der Waals surface area contributed by atoms with E-state index in [0.717, 1.165) is 11.3 Å². The van der Waals surface area contributed by atoms with Crippen LogP contribution in [0.15, 0.2) is 42.5 Å². The van der Waals surface area contributed by atoms with Crippen molar-refractivity contribution in [2.24, 2.45) is 0 Å². The molecule has 0 spiro atoms. The van der Waals surface area contributed by atoms with E-state index in [4.69, 9.17) is 9.47 Å². The lowest BCUT2D eigenvalue weighted by Gasteiger charge is -2.16. The van der Waals surface area contributed by atoms with E-state index in [9.17, 15) is 9.50 Å². The van der Waals surface area contributed by atoms with Crippen molar-refractivity contribution in [3.63, 3.8) is 0 Å². The molecule has 110 valence electrons. The molecule has 2 unspecified atom stereocenters. The summed E-state index contributed by atoms with van der Waals surface area (Å²) in [6, 6.07) is 12.1. The van der Waals surface area contributed by atoms with Crippen LogP contribution in [0.1, 0.15) is 30.1 Å². The number of aliphatic hydroxyl groups is 1. The van der Waals surface area contributed by atoms with E-state index in [-0.39, 0.29) is 11.7 Å². The molecule has 3 rings (SSSR count). The average Bonchev–Trinajstić information content (AvgIpc) is 2.89. The highest BCUT2D eigenvalue weighted by molar-refractivity contribution is 5.40. The molecule has 2 aromatic rings. The second kappa shape index (κ2) is 5.74. The van der Waals surface area contributed by atoms with Gasteiger partial charge in [-0.25, -0.2) is 4.39 Å². The summed E-state index contributed by atoms with van der Waals surface area (Å²) in [5.74, 6) is 1.16. The lowest BCUT2D eigenvalue weighted by molar-refractivity contribution is 0.187. The van der Waals surface area contributed by atoms with Crippen LogP contribution < -0.4 is 9.47 Å². The number of rotatable bonds is 4. The van der Waals surface area contributed by atoms with Crippen LogP contribution in [-0.2, 0) is 0 Å². The molecular weight excluding hydrogens is 271 g/mol. The summed E-state index contributed by atoms with van der Waals surface area (Å²) in [6.07, 6.45) is -0.775. The molecule has 0 aliphatic carbocycles. The summed E-state index contributed by atoms with van der Waals surface area (Å²) < 4.78 is 24.7. The van der Waals surface area contributed by atoms with E-state index in [1.165, 1.54) is 12.1 Å². The van der Waals surface area contributed by atoms with E-state index in [0.29, 0.717) is 24.5 Å². The molecule has 0 radical (unpaired) electrons. The van der Waals surface area contributed by atoms with Crippen LogP contribution in [0.2, 0.25) is 0 Å². The number of fused-ring (bicyclic) bond motifs is 1. The maximum absolute atomic E-state index is 13.3. The molecule has 21 heavy (non-hydrogen) atoms. The Morgan fingerprint density at radius 3 is 2.95 bits per heavy atom. The summed E-state index contributed by atoms with van der Waals surface area (Å²) in [5, 5.41) is 9.71. The molecule has 1 N–H and O–H groups in total. The third kappa shape index (κ3) is 2.85. The topological polar surface area (TPSA) is 38.7 Å². The first-order chi connectivity index (χ1) is 10.1. The van der Waals surface area contributed by atoms with E-state index in [2.05, 4.69) is 0 Å². The van der Waals surface area contributed by atoms with Crippen LogP contribution in [0.4, 0.5) is 4.39 Å². The quantitative estimate of drug-likeness (QED) is 0.936. The van der Waals surface area contributed by atoms with Crippen molar-refractivity contribution in [3.8, 4) is 11.5 Å². The normalized spacial score (nSPS) is 18.0. The zero-order valence-corrected chi connectivity index (χ0v) is 11.8. The van der Waals surface area contributed by atoms with Gasteiger partial charge in [0, 0.05) is 11.1 Å². The number of para-hydroxylation sites is 1. The van der Waals surface area contributed by atoms with E-state index in [1.54, 1.807) is 13.0 Å². The Labute approximate surface area is 122 Å². The largest absolute Gasteiger partial charge is 0.493 e. The maximum Gasteiger partial charge on any atom is 0.125 e. The number of ether oxygens (including phenoxy) is 2. The zero-order chi connectivity index (χ0) is 14.8. The number of hydrogen-bond donors (Lipinski definition) is 1. The van der Waals surface area contributed by atoms with Gasteiger partial charge in [-0.1, -0.05) is 18.2 Å². The standard InChI is InChI=1S/C17H17FO3/c1-11(19)15-8-13(18)6-7-17(15)21-10-12-9-20-16-5-3-2-4-14(12)16/h2-8,11-12,19H,9-10H2,1H3. The summed E-state index contributed by atoms with van der Waals surface area (Å²) in [4.78, 5) is 0. The first-order valence-electron chi connectivity index (χ1n) is 6.97. The van der Waals surface area contributed by atoms with Gasteiger partial charge in [-0.05, 0) is 31.2 Å². The number of halogens is 1. The van der Waals surface area contributed by atoms with Gasteiger partial charge in [0.2, 0.25) is 0 Å². The van der Waals surface area contributed by atoms with Crippen molar-refractivity contribution in [2.45, 2.75) is 18.9 Å². The molecule has 0 aromatic heterocycles. The summed E-state index contributed by atoms with van der Waals surface area (Å²) in [7, 11) is 0. The van der Waals surface area contributed by atoms with Gasteiger partial charge in [0.05, 0.1) is 25.2 Å². The Morgan fingerprint density at radius 2 is 2.14 bits per heavy atom. The fourth-order valence-corrected chi connectivity index (χ4v) is 2.53. The molecule has 1 aliphatic heterocycles. The highest BCUT2D eigenvalue weighted by atomic mass is 19.1. The summed E-state index contributed by atoms with van der Waals surface area (Å²) in [6.45, 7) is 2.60. The number of aliphatic hydroxyl groups excluding tert-OH is 1. The first-order valence-corrected chi connectivity index (χ1v) is 6.97. The smallest absolute Gasteiger partial charge is 0.125 e. The van der Waals surface area contributed by atoms with Gasteiger partial charge in [-0.2, -0.15) is 0 Å². The van der Waals surface area contributed by atoms with Gasteiger partial charge in [0.15, 0.2) is 0 Å². The van der Waals surface area contributed by atoms with Crippen LogP contribution >= 0.6 is 0 Å². The highest BCUT2D eigenvalue weighted by Gasteiger charge is 2.24. The van der Waals surface area contributed by atoms with Crippen LogP contribution in [0.5, 0.6) is 11.5 Å². The molecule has 3 nitrogen and oxygen atoms in total. The molecule has 0 saturated heterocycles. The molecule has 1 heterocycles. The van der Waals surface area contributed by atoms with Gasteiger partial charge in [-0.15, -0.1) is 0 Å². The predicted molar refractivity (Wildman–Crippen MR) is 77.2 cm³/mol. The third-order valence-electron chi connectivity index (χ3n) is 3.66. The number of hydrogen-bond acceptors (Lipinski definition) is 3. The molecule has 4 heteroatoms. The maximum atomic E-state index is 13.3. The Morgan fingerprint density at radius 1 is 1.33 bits per heavy atom. The van der Waals surface area contributed by atoms with Gasteiger partial charge < -0.3 is 14.6 Å². The minimum Gasteiger partial charge on any atom is -0.493 e. The van der Waals surface area contributed by atoms with Gasteiger partial charge in [0.1, 0.15) is 17.3 Å². The average molecular weight is 288 g/mol. The monoisotopic (exact) mass is 288 g/mol. The van der Waals surface area contributed by atoms with Crippen LogP contribution in [-0.4, -0.2) is 18.3 Å². The van der Waals surface area contributed by atoms with Crippen molar-refractivity contribution in [2.75, 3.05) is 13.2 Å². The van der Waals surface area contributed by atoms with Gasteiger partial charge >= 0.3 is 0 Å². The Hall–Kier alpha value is -2.07. The van der Waals surface area contributed by atoms with Crippen molar-refractivity contribution < 1.29 is 19.0 Å². The minimum atomic E-state index is -0.775. The molecule has 2 atom stereocenters. The lowest BCUT2D eigenvalue weighted by atomic mass is 10.0. The van der Waals surface area contributed by atoms with E-state index >= 15 is 0 Å². The van der Waals surface area contributed by atoms with Gasteiger partial charge in [0.25, 0.3) is 0 Å². The van der Waals surface area contributed by atoms with E-state index in [1.807, 2.05) is 24.3 Å². The second-order valence-corrected chi connectivity index (χ2v) is 5.21. The Bertz CT molecular complexity index is 640. The number of benzene rings is 2. The fourth-order valence-electron chi connectivity index (χ4n) is 2.53. The predicted octanol–water partition coefficient (Wildman–Crippen LogP) is 3.43. The van der Waals surface area contributed by atoms with E-state index < -0.39 is 6.10 Å². The highest BCUT2D eigenvalue weighted by Crippen LogP contribution is 2.34. The van der Waals surface area contributed by atoms with Crippen molar-refractivity contribution >= 4 is 0 Å². The molecule has 0 saturated carbocycles. The Kier molecular flexibility index (Phi) is 3.80.